The number of Topliss-reactive ketones (excluding diaryl/α,β-unsaturated/α-hetero) is 1. The molecule has 0 saturated heterocycles. The lowest BCUT2D eigenvalue weighted by molar-refractivity contribution is -0.120. The summed E-state index contributed by atoms with van der Waals surface area (Å²) in [5.74, 6) is -1.16. The van der Waals surface area contributed by atoms with Gasteiger partial charge in [-0.3, -0.25) is 9.59 Å². The lowest BCUT2D eigenvalue weighted by Crippen LogP contribution is -2.31. The standard InChI is InChI=1S/C14H14N2O4/c15-9-3-6-12-11(7-9)16(14(19)20-12)13(18)8-1-4-10(17)5-2-8/h3,6-8H,1-2,4-5,15H2. The van der Waals surface area contributed by atoms with Gasteiger partial charge in [0.25, 0.3) is 0 Å². The third kappa shape index (κ3) is 2.03. The molecule has 0 amide bonds. The van der Waals surface area contributed by atoms with Crippen molar-refractivity contribution in [3.63, 3.8) is 0 Å². The Morgan fingerprint density at radius 2 is 1.95 bits per heavy atom. The highest BCUT2D eigenvalue weighted by Crippen LogP contribution is 2.25. The maximum absolute atomic E-state index is 12.5. The van der Waals surface area contributed by atoms with Gasteiger partial charge in [-0.25, -0.2) is 9.36 Å². The summed E-state index contributed by atoms with van der Waals surface area (Å²) in [5, 5.41) is 0. The van der Waals surface area contributed by atoms with Crippen LogP contribution in [0.5, 0.6) is 0 Å². The molecule has 20 heavy (non-hydrogen) atoms. The molecule has 6 nitrogen and oxygen atoms in total. The van der Waals surface area contributed by atoms with Gasteiger partial charge >= 0.3 is 5.76 Å². The van der Waals surface area contributed by atoms with E-state index in [-0.39, 0.29) is 17.6 Å². The number of nitrogens with two attached hydrogens (primary N) is 1. The van der Waals surface area contributed by atoms with E-state index in [2.05, 4.69) is 0 Å². The highest BCUT2D eigenvalue weighted by Gasteiger charge is 2.28. The number of nitrogens with zero attached hydrogens (tertiary/aromatic N) is 1. The molecule has 1 fully saturated rings. The van der Waals surface area contributed by atoms with Crippen molar-refractivity contribution in [2.24, 2.45) is 5.92 Å². The quantitative estimate of drug-likeness (QED) is 0.796. The first-order valence-corrected chi connectivity index (χ1v) is 6.53. The van der Waals surface area contributed by atoms with Crippen LogP contribution in [0.15, 0.2) is 27.4 Å². The van der Waals surface area contributed by atoms with Gasteiger partial charge in [0.05, 0.1) is 0 Å². The molecule has 104 valence electrons. The first-order chi connectivity index (χ1) is 9.56. The average molecular weight is 274 g/mol. The van der Waals surface area contributed by atoms with Gasteiger partial charge in [-0.15, -0.1) is 0 Å². The van der Waals surface area contributed by atoms with Crippen LogP contribution in [0.1, 0.15) is 30.5 Å². The molecule has 0 bridgehead atoms. The number of fused-ring (bicyclic) bond motifs is 1. The van der Waals surface area contributed by atoms with Gasteiger partial charge in [0.1, 0.15) is 11.3 Å². The maximum atomic E-state index is 12.5. The van der Waals surface area contributed by atoms with E-state index in [0.29, 0.717) is 42.5 Å². The lowest BCUT2D eigenvalue weighted by Gasteiger charge is -2.19. The van der Waals surface area contributed by atoms with Gasteiger partial charge in [-0.2, -0.15) is 0 Å². The van der Waals surface area contributed by atoms with E-state index in [4.69, 9.17) is 10.2 Å². The summed E-state index contributed by atoms with van der Waals surface area (Å²) in [5.41, 5.74) is 6.87. The first-order valence-electron chi connectivity index (χ1n) is 6.53. The van der Waals surface area contributed by atoms with Crippen LogP contribution in [0.4, 0.5) is 5.69 Å². The van der Waals surface area contributed by atoms with Crippen LogP contribution < -0.4 is 11.5 Å². The summed E-state index contributed by atoms with van der Waals surface area (Å²) in [6, 6.07) is 4.73. The smallest absolute Gasteiger partial charge is 0.407 e. The largest absolute Gasteiger partial charge is 0.426 e. The van der Waals surface area contributed by atoms with Gasteiger partial charge in [0, 0.05) is 24.4 Å². The molecule has 0 aliphatic heterocycles. The van der Waals surface area contributed by atoms with Crippen molar-refractivity contribution < 1.29 is 14.0 Å². The van der Waals surface area contributed by atoms with E-state index in [0.717, 1.165) is 4.57 Å². The van der Waals surface area contributed by atoms with Crippen LogP contribution in [0.3, 0.4) is 0 Å². The SMILES string of the molecule is Nc1ccc2oc(=O)n(C(=O)C3CCC(=O)CC3)c2c1. The van der Waals surface area contributed by atoms with Gasteiger partial charge in [0.15, 0.2) is 5.58 Å². The number of hydrogen-bond acceptors (Lipinski definition) is 5. The fraction of sp³-hybridized carbons (Fsp3) is 0.357. The number of aromatic nitrogens is 1. The Bertz CT molecular complexity index is 746. The van der Waals surface area contributed by atoms with Crippen molar-refractivity contribution in [2.75, 3.05) is 5.73 Å². The zero-order valence-electron chi connectivity index (χ0n) is 10.8. The molecule has 3 rings (SSSR count). The second-order valence-electron chi connectivity index (χ2n) is 5.08. The molecular formula is C14H14N2O4. The molecule has 2 aromatic rings. The van der Waals surface area contributed by atoms with E-state index in [1.54, 1.807) is 18.2 Å². The van der Waals surface area contributed by atoms with Gasteiger partial charge in [-0.1, -0.05) is 0 Å². The molecule has 1 aliphatic rings. The minimum atomic E-state index is -0.701. The number of rotatable bonds is 1. The fourth-order valence-electron chi connectivity index (χ4n) is 2.61. The molecular weight excluding hydrogens is 260 g/mol. The Labute approximate surface area is 114 Å². The monoisotopic (exact) mass is 274 g/mol. The molecule has 6 heteroatoms. The van der Waals surface area contributed by atoms with Crippen molar-refractivity contribution in [1.29, 1.82) is 0 Å². The molecule has 0 radical (unpaired) electrons. The number of carbonyl (C=O) groups excluding carboxylic acids is 2. The van der Waals surface area contributed by atoms with Gasteiger partial charge in [-0.05, 0) is 31.0 Å². The Morgan fingerprint density at radius 1 is 1.25 bits per heavy atom. The predicted molar refractivity (Wildman–Crippen MR) is 72.5 cm³/mol. The molecule has 1 aliphatic carbocycles. The summed E-state index contributed by atoms with van der Waals surface area (Å²) in [6.07, 6.45) is 1.75. The Kier molecular flexibility index (Phi) is 2.93. The van der Waals surface area contributed by atoms with E-state index >= 15 is 0 Å². The van der Waals surface area contributed by atoms with Crippen molar-refractivity contribution in [1.82, 2.24) is 4.57 Å². The number of anilines is 1. The van der Waals surface area contributed by atoms with E-state index in [9.17, 15) is 14.4 Å². The highest BCUT2D eigenvalue weighted by atomic mass is 16.4. The maximum Gasteiger partial charge on any atom is 0.426 e. The fourth-order valence-corrected chi connectivity index (χ4v) is 2.61. The molecule has 1 aromatic heterocycles. The number of hydrogen-bond donors (Lipinski definition) is 1. The van der Waals surface area contributed by atoms with Gasteiger partial charge < -0.3 is 10.2 Å². The summed E-state index contributed by atoms with van der Waals surface area (Å²) < 4.78 is 6.09. The topological polar surface area (TPSA) is 95.3 Å². The third-order valence-corrected chi connectivity index (χ3v) is 3.72. The normalized spacial score (nSPS) is 16.7. The van der Waals surface area contributed by atoms with Crippen molar-refractivity contribution in [2.45, 2.75) is 25.7 Å². The zero-order chi connectivity index (χ0) is 14.3. The molecule has 2 N–H and O–H groups in total. The number of oxazole rings is 1. The minimum Gasteiger partial charge on any atom is -0.407 e. The predicted octanol–water partition coefficient (Wildman–Crippen LogP) is 1.58. The highest BCUT2D eigenvalue weighted by molar-refractivity contribution is 5.92. The van der Waals surface area contributed by atoms with Crippen LogP contribution in [0.25, 0.3) is 11.1 Å². The Morgan fingerprint density at radius 3 is 2.65 bits per heavy atom. The number of nitrogen functional groups attached to an aromatic ring is 1. The first kappa shape index (κ1) is 12.7. The zero-order valence-corrected chi connectivity index (χ0v) is 10.8. The van der Waals surface area contributed by atoms with Crippen molar-refractivity contribution in [3.05, 3.63) is 28.7 Å². The molecule has 1 heterocycles. The van der Waals surface area contributed by atoms with Crippen molar-refractivity contribution >= 4 is 28.5 Å². The molecule has 0 spiro atoms. The van der Waals surface area contributed by atoms with Crippen LogP contribution in [-0.2, 0) is 4.79 Å². The molecule has 0 atom stereocenters. The lowest BCUT2D eigenvalue weighted by atomic mass is 9.88. The number of carbonyl (C=O) groups is 2. The van der Waals surface area contributed by atoms with Gasteiger partial charge in [0.2, 0.25) is 5.91 Å². The molecule has 1 aromatic carbocycles. The number of ketones is 1. The van der Waals surface area contributed by atoms with E-state index in [1.807, 2.05) is 0 Å². The minimum absolute atomic E-state index is 0.169. The Hall–Kier alpha value is -2.37. The van der Waals surface area contributed by atoms with E-state index < -0.39 is 5.76 Å². The Balaban J connectivity index is 2.03. The van der Waals surface area contributed by atoms with Crippen LogP contribution >= 0.6 is 0 Å². The summed E-state index contributed by atoms with van der Waals surface area (Å²) in [6.45, 7) is 0. The summed E-state index contributed by atoms with van der Waals surface area (Å²) in [7, 11) is 0. The molecule has 1 saturated carbocycles. The average Bonchev–Trinajstić information content (AvgIpc) is 2.74. The third-order valence-electron chi connectivity index (χ3n) is 3.72. The van der Waals surface area contributed by atoms with Crippen LogP contribution in [0, 0.1) is 5.92 Å². The summed E-state index contributed by atoms with van der Waals surface area (Å²) in [4.78, 5) is 35.6. The summed E-state index contributed by atoms with van der Waals surface area (Å²) >= 11 is 0. The second kappa shape index (κ2) is 4.63. The number of benzene rings is 1. The second-order valence-corrected chi connectivity index (χ2v) is 5.08. The molecule has 0 unspecified atom stereocenters. The van der Waals surface area contributed by atoms with E-state index in [1.165, 1.54) is 0 Å². The van der Waals surface area contributed by atoms with Crippen LogP contribution in [-0.4, -0.2) is 16.3 Å². The van der Waals surface area contributed by atoms with Crippen LogP contribution in [0.2, 0.25) is 0 Å². The van der Waals surface area contributed by atoms with Crippen molar-refractivity contribution in [3.8, 4) is 0 Å².